The van der Waals surface area contributed by atoms with Gasteiger partial charge < -0.3 is 14.7 Å². The number of aliphatic hydroxyl groups excluding tert-OH is 1. The van der Waals surface area contributed by atoms with Gasteiger partial charge in [0.05, 0.1) is 6.10 Å². The molecule has 4 nitrogen and oxygen atoms in total. The van der Waals surface area contributed by atoms with Gasteiger partial charge in [-0.25, -0.2) is 0 Å². The summed E-state index contributed by atoms with van der Waals surface area (Å²) in [5.74, 6) is 0.291. The molecule has 0 saturated carbocycles. The van der Waals surface area contributed by atoms with Crippen LogP contribution in [0.5, 0.6) is 0 Å². The monoisotopic (exact) mass is 230 g/mol. The number of methoxy groups -OCH3 is 1. The summed E-state index contributed by atoms with van der Waals surface area (Å²) in [6.07, 6.45) is 0.661. The second kappa shape index (κ2) is 6.55. The third kappa shape index (κ3) is 3.70. The van der Waals surface area contributed by atoms with Crippen molar-refractivity contribution in [3.63, 3.8) is 0 Å². The van der Waals surface area contributed by atoms with Crippen LogP contribution in [0.3, 0.4) is 0 Å². The number of aliphatic hydroxyl groups is 1. The highest BCUT2D eigenvalue weighted by molar-refractivity contribution is 4.86. The van der Waals surface area contributed by atoms with Gasteiger partial charge in [-0.1, -0.05) is 6.92 Å². The summed E-state index contributed by atoms with van der Waals surface area (Å²) in [4.78, 5) is 4.56. The first-order valence-electron chi connectivity index (χ1n) is 6.12. The Morgan fingerprint density at radius 1 is 1.38 bits per heavy atom. The van der Waals surface area contributed by atoms with E-state index in [0.717, 1.165) is 32.7 Å². The minimum absolute atomic E-state index is 0.255. The molecule has 1 aliphatic heterocycles. The van der Waals surface area contributed by atoms with Gasteiger partial charge in [-0.2, -0.15) is 0 Å². The van der Waals surface area contributed by atoms with Crippen molar-refractivity contribution in [2.45, 2.75) is 25.5 Å². The molecule has 0 aromatic carbocycles. The van der Waals surface area contributed by atoms with E-state index in [2.05, 4.69) is 30.8 Å². The maximum atomic E-state index is 10.3. The third-order valence-electron chi connectivity index (χ3n) is 3.65. The van der Waals surface area contributed by atoms with E-state index < -0.39 is 0 Å². The molecule has 0 bridgehead atoms. The number of nitrogens with zero attached hydrogens (tertiary/aromatic N) is 2. The van der Waals surface area contributed by atoms with Crippen molar-refractivity contribution < 1.29 is 9.84 Å². The lowest BCUT2D eigenvalue weighted by atomic mass is 9.93. The molecular formula is C12H26N2O2. The molecule has 0 aliphatic carbocycles. The Morgan fingerprint density at radius 2 is 2.06 bits per heavy atom. The molecular weight excluding hydrogens is 204 g/mol. The predicted molar refractivity (Wildman–Crippen MR) is 65.6 cm³/mol. The van der Waals surface area contributed by atoms with E-state index in [4.69, 9.17) is 4.74 Å². The first-order chi connectivity index (χ1) is 7.56. The summed E-state index contributed by atoms with van der Waals surface area (Å²) in [6.45, 7) is 5.91. The normalized spacial score (nSPS) is 27.9. The van der Waals surface area contributed by atoms with E-state index in [0.29, 0.717) is 5.92 Å². The number of hydrogen-bond donors (Lipinski definition) is 1. The largest absolute Gasteiger partial charge is 0.391 e. The molecule has 1 saturated heterocycles. The van der Waals surface area contributed by atoms with Crippen LogP contribution in [0.2, 0.25) is 0 Å². The van der Waals surface area contributed by atoms with Crippen LogP contribution in [-0.4, -0.2) is 74.5 Å². The van der Waals surface area contributed by atoms with Crippen molar-refractivity contribution in [3.8, 4) is 0 Å². The molecule has 0 spiro atoms. The number of likely N-dealkylation sites (N-methyl/N-ethyl adjacent to an activating group) is 2. The minimum Gasteiger partial charge on any atom is -0.391 e. The SMILES string of the molecule is COCCC(C)C(O)C1CN(C)CCN1C. The third-order valence-corrected chi connectivity index (χ3v) is 3.65. The molecule has 0 aromatic heterocycles. The molecule has 1 aliphatic rings. The fourth-order valence-electron chi connectivity index (χ4n) is 2.27. The summed E-state index contributed by atoms with van der Waals surface area (Å²) in [5.41, 5.74) is 0. The van der Waals surface area contributed by atoms with Crippen molar-refractivity contribution in [2.24, 2.45) is 5.92 Å². The van der Waals surface area contributed by atoms with E-state index in [1.54, 1.807) is 7.11 Å². The average Bonchev–Trinajstić information content (AvgIpc) is 2.28. The van der Waals surface area contributed by atoms with Crippen molar-refractivity contribution in [2.75, 3.05) is 47.4 Å². The van der Waals surface area contributed by atoms with Gasteiger partial charge in [-0.3, -0.25) is 4.90 Å². The van der Waals surface area contributed by atoms with Gasteiger partial charge in [0.1, 0.15) is 0 Å². The zero-order valence-electron chi connectivity index (χ0n) is 11.0. The Hall–Kier alpha value is -0.160. The van der Waals surface area contributed by atoms with E-state index in [-0.39, 0.29) is 12.1 Å². The smallest absolute Gasteiger partial charge is 0.0734 e. The highest BCUT2D eigenvalue weighted by atomic mass is 16.5. The van der Waals surface area contributed by atoms with E-state index >= 15 is 0 Å². The highest BCUT2D eigenvalue weighted by Gasteiger charge is 2.31. The van der Waals surface area contributed by atoms with Crippen LogP contribution >= 0.6 is 0 Å². The van der Waals surface area contributed by atoms with Crippen LogP contribution in [0, 0.1) is 5.92 Å². The molecule has 96 valence electrons. The summed E-state index contributed by atoms with van der Waals surface area (Å²) in [6, 6.07) is 0.255. The first kappa shape index (κ1) is 13.9. The zero-order valence-corrected chi connectivity index (χ0v) is 11.0. The Kier molecular flexibility index (Phi) is 5.69. The Labute approximate surface area is 99.2 Å². The molecule has 4 heteroatoms. The summed E-state index contributed by atoms with van der Waals surface area (Å²) in [7, 11) is 5.93. The van der Waals surface area contributed by atoms with Crippen LogP contribution in [0.15, 0.2) is 0 Å². The van der Waals surface area contributed by atoms with Gasteiger partial charge >= 0.3 is 0 Å². The fourth-order valence-corrected chi connectivity index (χ4v) is 2.27. The maximum Gasteiger partial charge on any atom is 0.0734 e. The number of piperazine rings is 1. The van der Waals surface area contributed by atoms with Crippen molar-refractivity contribution in [3.05, 3.63) is 0 Å². The highest BCUT2D eigenvalue weighted by Crippen LogP contribution is 2.18. The quantitative estimate of drug-likeness (QED) is 0.735. The Morgan fingerprint density at radius 3 is 2.69 bits per heavy atom. The lowest BCUT2D eigenvalue weighted by molar-refractivity contribution is -0.0180. The summed E-state index contributed by atoms with van der Waals surface area (Å²) >= 11 is 0. The first-order valence-corrected chi connectivity index (χ1v) is 6.12. The van der Waals surface area contributed by atoms with Crippen LogP contribution in [0.25, 0.3) is 0 Å². The van der Waals surface area contributed by atoms with Crippen molar-refractivity contribution in [1.82, 2.24) is 9.80 Å². The predicted octanol–water partition coefficient (Wildman–Crippen LogP) is 0.266. The van der Waals surface area contributed by atoms with Gasteiger partial charge in [-0.05, 0) is 26.4 Å². The molecule has 16 heavy (non-hydrogen) atoms. The topological polar surface area (TPSA) is 35.9 Å². The van der Waals surface area contributed by atoms with Crippen LogP contribution < -0.4 is 0 Å². The molecule has 0 radical (unpaired) electrons. The zero-order chi connectivity index (χ0) is 12.1. The Bertz CT molecular complexity index is 201. The molecule has 3 unspecified atom stereocenters. The second-order valence-electron chi connectivity index (χ2n) is 5.06. The van der Waals surface area contributed by atoms with Crippen LogP contribution in [0.1, 0.15) is 13.3 Å². The van der Waals surface area contributed by atoms with E-state index in [1.807, 2.05) is 0 Å². The summed E-state index contributed by atoms with van der Waals surface area (Å²) in [5, 5.41) is 10.3. The molecule has 1 rings (SSSR count). The van der Waals surface area contributed by atoms with Gasteiger partial charge in [0.25, 0.3) is 0 Å². The Balaban J connectivity index is 2.46. The van der Waals surface area contributed by atoms with E-state index in [9.17, 15) is 5.11 Å². The molecule has 1 fully saturated rings. The number of ether oxygens (including phenoxy) is 1. The molecule has 0 amide bonds. The van der Waals surface area contributed by atoms with Crippen LogP contribution in [-0.2, 0) is 4.74 Å². The van der Waals surface area contributed by atoms with Crippen molar-refractivity contribution >= 4 is 0 Å². The standard InChI is InChI=1S/C12H26N2O2/c1-10(5-8-16-4)12(15)11-9-13(2)6-7-14(11)3/h10-12,15H,5-9H2,1-4H3. The number of hydrogen-bond acceptors (Lipinski definition) is 4. The number of rotatable bonds is 5. The molecule has 1 N–H and O–H groups in total. The minimum atomic E-state index is -0.261. The summed E-state index contributed by atoms with van der Waals surface area (Å²) < 4.78 is 5.06. The van der Waals surface area contributed by atoms with E-state index in [1.165, 1.54) is 0 Å². The van der Waals surface area contributed by atoms with Gasteiger partial charge in [0, 0.05) is 39.4 Å². The lowest BCUT2D eigenvalue weighted by Crippen LogP contribution is -2.56. The van der Waals surface area contributed by atoms with Crippen LogP contribution in [0.4, 0.5) is 0 Å². The molecule has 0 aromatic rings. The average molecular weight is 230 g/mol. The maximum absolute atomic E-state index is 10.3. The van der Waals surface area contributed by atoms with Gasteiger partial charge in [0.15, 0.2) is 0 Å². The molecule has 3 atom stereocenters. The van der Waals surface area contributed by atoms with Gasteiger partial charge in [0.2, 0.25) is 0 Å². The van der Waals surface area contributed by atoms with Gasteiger partial charge in [-0.15, -0.1) is 0 Å². The second-order valence-corrected chi connectivity index (χ2v) is 5.06. The lowest BCUT2D eigenvalue weighted by Gasteiger charge is -2.41. The van der Waals surface area contributed by atoms with Crippen molar-refractivity contribution in [1.29, 1.82) is 0 Å². The molecule has 1 heterocycles. The fraction of sp³-hybridized carbons (Fsp3) is 1.00.